The van der Waals surface area contributed by atoms with Crippen LogP contribution in [0.5, 0.6) is 0 Å². The number of nitrogens with one attached hydrogen (secondary N) is 1. The van der Waals surface area contributed by atoms with Crippen LogP contribution in [0, 0.1) is 0 Å². The van der Waals surface area contributed by atoms with Gasteiger partial charge in [-0.1, -0.05) is 91.0 Å². The standard InChI is InChI=1S/C31H28N2O5/c32-19-28(24-14-8-3-9-15-24)29(34)33-27-17-25(30(35)37-20-22-10-4-1-5-11-22)16-26(18-27)31(36)38-21-23-12-6-2-7-13-23/h1-18,28H,19-21,32H2,(H,33,34). The molecule has 1 unspecified atom stereocenters. The van der Waals surface area contributed by atoms with E-state index in [9.17, 15) is 14.4 Å². The second-order valence-electron chi connectivity index (χ2n) is 8.61. The second-order valence-corrected chi connectivity index (χ2v) is 8.61. The highest BCUT2D eigenvalue weighted by molar-refractivity contribution is 6.01. The Morgan fingerprint density at radius 1 is 0.658 bits per heavy atom. The lowest BCUT2D eigenvalue weighted by atomic mass is 9.98. The maximum absolute atomic E-state index is 13.1. The average molecular weight is 509 g/mol. The Bertz CT molecular complexity index is 1300. The number of anilines is 1. The predicted molar refractivity (Wildman–Crippen MR) is 144 cm³/mol. The van der Waals surface area contributed by atoms with Crippen molar-refractivity contribution in [2.75, 3.05) is 11.9 Å². The summed E-state index contributed by atoms with van der Waals surface area (Å²) in [5.41, 5.74) is 8.76. The molecule has 4 rings (SSSR count). The molecule has 7 heteroatoms. The van der Waals surface area contributed by atoms with Gasteiger partial charge in [0.15, 0.2) is 0 Å². The maximum atomic E-state index is 13.1. The molecule has 0 aromatic heterocycles. The van der Waals surface area contributed by atoms with Crippen LogP contribution in [-0.4, -0.2) is 24.4 Å². The zero-order valence-corrected chi connectivity index (χ0v) is 20.7. The summed E-state index contributed by atoms with van der Waals surface area (Å²) in [6, 6.07) is 32.0. The molecule has 0 bridgehead atoms. The van der Waals surface area contributed by atoms with Gasteiger partial charge in [0.1, 0.15) is 13.2 Å². The van der Waals surface area contributed by atoms with E-state index < -0.39 is 17.9 Å². The van der Waals surface area contributed by atoms with Gasteiger partial charge in [-0.2, -0.15) is 0 Å². The van der Waals surface area contributed by atoms with Gasteiger partial charge in [-0.25, -0.2) is 9.59 Å². The molecule has 1 amide bonds. The van der Waals surface area contributed by atoms with Gasteiger partial charge in [0.2, 0.25) is 5.91 Å². The molecule has 1 atom stereocenters. The summed E-state index contributed by atoms with van der Waals surface area (Å²) in [5, 5.41) is 2.80. The van der Waals surface area contributed by atoms with E-state index in [0.717, 1.165) is 16.7 Å². The van der Waals surface area contributed by atoms with Crippen LogP contribution < -0.4 is 11.1 Å². The fourth-order valence-electron chi connectivity index (χ4n) is 3.86. The van der Waals surface area contributed by atoms with Crippen LogP contribution in [0.4, 0.5) is 5.69 Å². The number of esters is 2. The minimum Gasteiger partial charge on any atom is -0.457 e. The Kier molecular flexibility index (Phi) is 8.99. The van der Waals surface area contributed by atoms with Crippen molar-refractivity contribution >= 4 is 23.5 Å². The van der Waals surface area contributed by atoms with Gasteiger partial charge in [0.05, 0.1) is 17.0 Å². The minimum absolute atomic E-state index is 0.0628. The monoisotopic (exact) mass is 508 g/mol. The molecule has 4 aromatic rings. The molecule has 0 saturated heterocycles. The number of rotatable bonds is 10. The summed E-state index contributed by atoms with van der Waals surface area (Å²) < 4.78 is 10.9. The number of carbonyl (C=O) groups is 3. The first-order valence-corrected chi connectivity index (χ1v) is 12.2. The van der Waals surface area contributed by atoms with Crippen LogP contribution in [0.1, 0.15) is 43.3 Å². The summed E-state index contributed by atoms with van der Waals surface area (Å²) in [5.74, 6) is -2.25. The van der Waals surface area contributed by atoms with Crippen molar-refractivity contribution in [2.45, 2.75) is 19.1 Å². The lowest BCUT2D eigenvalue weighted by Crippen LogP contribution is -2.27. The first kappa shape index (κ1) is 26.3. The topological polar surface area (TPSA) is 108 Å². The number of nitrogens with two attached hydrogens (primary N) is 1. The van der Waals surface area contributed by atoms with Crippen LogP contribution in [0.3, 0.4) is 0 Å². The Morgan fingerprint density at radius 3 is 1.55 bits per heavy atom. The SMILES string of the molecule is NCC(C(=O)Nc1cc(C(=O)OCc2ccccc2)cc(C(=O)OCc2ccccc2)c1)c1ccccc1. The van der Waals surface area contributed by atoms with Crippen molar-refractivity contribution in [2.24, 2.45) is 5.73 Å². The number of hydrogen-bond acceptors (Lipinski definition) is 6. The molecule has 0 radical (unpaired) electrons. The van der Waals surface area contributed by atoms with E-state index in [0.29, 0.717) is 0 Å². The van der Waals surface area contributed by atoms with Gasteiger partial charge in [0, 0.05) is 12.2 Å². The normalized spacial score (nSPS) is 11.3. The third-order valence-corrected chi connectivity index (χ3v) is 5.85. The maximum Gasteiger partial charge on any atom is 0.338 e. The summed E-state index contributed by atoms with van der Waals surface area (Å²) >= 11 is 0. The number of amides is 1. The van der Waals surface area contributed by atoms with Crippen molar-refractivity contribution in [3.63, 3.8) is 0 Å². The fraction of sp³-hybridized carbons (Fsp3) is 0.129. The van der Waals surface area contributed by atoms with E-state index in [1.165, 1.54) is 18.2 Å². The third-order valence-electron chi connectivity index (χ3n) is 5.85. The van der Waals surface area contributed by atoms with E-state index >= 15 is 0 Å². The van der Waals surface area contributed by atoms with Crippen LogP contribution in [-0.2, 0) is 27.5 Å². The lowest BCUT2D eigenvalue weighted by Gasteiger charge is -2.16. The molecule has 7 nitrogen and oxygen atoms in total. The molecule has 0 fully saturated rings. The highest BCUT2D eigenvalue weighted by Crippen LogP contribution is 2.22. The number of hydrogen-bond donors (Lipinski definition) is 2. The number of benzene rings is 4. The summed E-state index contributed by atoms with van der Waals surface area (Å²) in [7, 11) is 0. The Balaban J connectivity index is 1.56. The van der Waals surface area contributed by atoms with Crippen LogP contribution >= 0.6 is 0 Å². The Labute approximate surface area is 221 Å². The Hall–Kier alpha value is -4.75. The van der Waals surface area contributed by atoms with Crippen LogP contribution in [0.15, 0.2) is 109 Å². The van der Waals surface area contributed by atoms with Gasteiger partial charge in [-0.3, -0.25) is 4.79 Å². The van der Waals surface area contributed by atoms with Gasteiger partial charge in [-0.15, -0.1) is 0 Å². The largest absolute Gasteiger partial charge is 0.457 e. The molecule has 4 aromatic carbocycles. The van der Waals surface area contributed by atoms with Crippen molar-refractivity contribution in [1.82, 2.24) is 0 Å². The molecule has 0 spiro atoms. The first-order chi connectivity index (χ1) is 18.5. The highest BCUT2D eigenvalue weighted by Gasteiger charge is 2.21. The smallest absolute Gasteiger partial charge is 0.338 e. The van der Waals surface area contributed by atoms with Crippen molar-refractivity contribution < 1.29 is 23.9 Å². The third kappa shape index (κ3) is 7.15. The van der Waals surface area contributed by atoms with Gasteiger partial charge < -0.3 is 20.5 Å². The van der Waals surface area contributed by atoms with E-state index in [-0.39, 0.29) is 42.5 Å². The zero-order valence-electron chi connectivity index (χ0n) is 20.7. The highest BCUT2D eigenvalue weighted by atomic mass is 16.5. The molecule has 0 aliphatic carbocycles. The zero-order chi connectivity index (χ0) is 26.7. The number of carbonyl (C=O) groups excluding carboxylic acids is 3. The molecule has 3 N–H and O–H groups in total. The average Bonchev–Trinajstić information content (AvgIpc) is 2.96. The van der Waals surface area contributed by atoms with Crippen molar-refractivity contribution in [3.8, 4) is 0 Å². The van der Waals surface area contributed by atoms with Gasteiger partial charge in [0.25, 0.3) is 0 Å². The molecule has 192 valence electrons. The molecular formula is C31H28N2O5. The van der Waals surface area contributed by atoms with E-state index in [1.54, 1.807) is 0 Å². The van der Waals surface area contributed by atoms with Crippen molar-refractivity contribution in [3.05, 3.63) is 137 Å². The van der Waals surface area contributed by atoms with E-state index in [4.69, 9.17) is 15.2 Å². The quantitative estimate of drug-likeness (QED) is 0.289. The second kappa shape index (κ2) is 13.0. The summed E-state index contributed by atoms with van der Waals surface area (Å²) in [6.07, 6.45) is 0. The first-order valence-electron chi connectivity index (χ1n) is 12.2. The van der Waals surface area contributed by atoms with E-state index in [1.807, 2.05) is 91.0 Å². The number of ether oxygens (including phenoxy) is 2. The molecule has 0 aliphatic heterocycles. The fourth-order valence-corrected chi connectivity index (χ4v) is 3.86. The lowest BCUT2D eigenvalue weighted by molar-refractivity contribution is -0.117. The molecule has 0 heterocycles. The van der Waals surface area contributed by atoms with E-state index in [2.05, 4.69) is 5.32 Å². The molecule has 38 heavy (non-hydrogen) atoms. The predicted octanol–water partition coefficient (Wildman–Crippen LogP) is 5.08. The Morgan fingerprint density at radius 2 is 1.11 bits per heavy atom. The van der Waals surface area contributed by atoms with Crippen LogP contribution in [0.25, 0.3) is 0 Å². The molecule has 0 saturated carbocycles. The summed E-state index contributed by atoms with van der Waals surface area (Å²) in [4.78, 5) is 38.9. The van der Waals surface area contributed by atoms with Crippen molar-refractivity contribution in [1.29, 1.82) is 0 Å². The van der Waals surface area contributed by atoms with Gasteiger partial charge in [-0.05, 0) is 34.9 Å². The molecular weight excluding hydrogens is 480 g/mol. The van der Waals surface area contributed by atoms with Crippen LogP contribution in [0.2, 0.25) is 0 Å². The molecule has 0 aliphatic rings. The summed E-state index contributed by atoms with van der Waals surface area (Å²) in [6.45, 7) is 0.210. The minimum atomic E-state index is -0.638. The van der Waals surface area contributed by atoms with Gasteiger partial charge >= 0.3 is 11.9 Å².